The molecule has 0 bridgehead atoms. The molecule has 1 atom stereocenters. The molecule has 1 aliphatic rings. The summed E-state index contributed by atoms with van der Waals surface area (Å²) in [5.41, 5.74) is -0.164. The van der Waals surface area contributed by atoms with E-state index in [1.54, 1.807) is 13.0 Å². The summed E-state index contributed by atoms with van der Waals surface area (Å²) in [5.74, 6) is 0.791. The molecule has 1 saturated heterocycles. The van der Waals surface area contributed by atoms with Gasteiger partial charge in [-0.05, 0) is 25.0 Å². The van der Waals surface area contributed by atoms with Gasteiger partial charge in [-0.1, -0.05) is 47.4 Å². The number of amides is 1. The van der Waals surface area contributed by atoms with Crippen LogP contribution in [0.4, 0.5) is 0 Å². The highest BCUT2D eigenvalue weighted by Gasteiger charge is 2.43. The Balaban J connectivity index is 2.31. The topological polar surface area (TPSA) is 53.5 Å². The Morgan fingerprint density at radius 2 is 2.15 bits per heavy atom. The van der Waals surface area contributed by atoms with Crippen molar-refractivity contribution in [2.45, 2.75) is 26.3 Å². The zero-order chi connectivity index (χ0) is 14.9. The van der Waals surface area contributed by atoms with Crippen molar-refractivity contribution in [2.24, 2.45) is 10.9 Å². The summed E-state index contributed by atoms with van der Waals surface area (Å²) in [7, 11) is 0. The molecule has 0 spiro atoms. The molecule has 1 aromatic carbocycles. The van der Waals surface area contributed by atoms with Crippen molar-refractivity contribution in [3.63, 3.8) is 0 Å². The maximum Gasteiger partial charge on any atom is 0.256 e. The Kier molecular flexibility index (Phi) is 4.39. The number of hydrogen-bond acceptors (Lipinski definition) is 2. The summed E-state index contributed by atoms with van der Waals surface area (Å²) in [6, 6.07) is 5.48. The van der Waals surface area contributed by atoms with Crippen molar-refractivity contribution in [1.82, 2.24) is 10.6 Å². The van der Waals surface area contributed by atoms with Gasteiger partial charge in [-0.2, -0.15) is 0 Å². The van der Waals surface area contributed by atoms with Crippen molar-refractivity contribution in [1.29, 1.82) is 0 Å². The van der Waals surface area contributed by atoms with E-state index in [-0.39, 0.29) is 5.91 Å². The average molecular weight is 359 g/mol. The monoisotopic (exact) mass is 357 g/mol. The number of carbonyl (C=O) groups is 1. The lowest BCUT2D eigenvalue weighted by Gasteiger charge is -2.23. The van der Waals surface area contributed by atoms with Gasteiger partial charge in [0.15, 0.2) is 5.96 Å². The molecule has 2 N–H and O–H groups in total. The van der Waals surface area contributed by atoms with Crippen LogP contribution < -0.4 is 10.6 Å². The third-order valence-corrected chi connectivity index (χ3v) is 3.94. The van der Waals surface area contributed by atoms with Gasteiger partial charge >= 0.3 is 0 Å². The van der Waals surface area contributed by atoms with E-state index in [9.17, 15) is 4.79 Å². The highest BCUT2D eigenvalue weighted by atomic mass is 79.9. The number of guanidine groups is 1. The number of aliphatic imine (C=N–C) groups is 1. The molecule has 0 aliphatic carbocycles. The largest absolute Gasteiger partial charge is 0.338 e. The molecule has 0 radical (unpaired) electrons. The second-order valence-electron chi connectivity index (χ2n) is 5.41. The SMILES string of the molecule is CC(C)CN=C1NC(=O)C(C)(c2ccc(Br)cc2Cl)N1. The smallest absolute Gasteiger partial charge is 0.256 e. The normalized spacial score (nSPS) is 24.1. The van der Waals surface area contributed by atoms with Crippen LogP contribution in [0.25, 0.3) is 0 Å². The lowest BCUT2D eigenvalue weighted by atomic mass is 9.92. The fourth-order valence-electron chi connectivity index (χ4n) is 1.99. The molecule has 1 fully saturated rings. The number of hydrogen-bond donors (Lipinski definition) is 2. The Morgan fingerprint density at radius 3 is 2.75 bits per heavy atom. The third kappa shape index (κ3) is 2.99. The van der Waals surface area contributed by atoms with Crippen LogP contribution in [0.3, 0.4) is 0 Å². The lowest BCUT2D eigenvalue weighted by molar-refractivity contribution is -0.123. The molecule has 0 saturated carbocycles. The van der Waals surface area contributed by atoms with E-state index >= 15 is 0 Å². The first-order chi connectivity index (χ1) is 9.33. The minimum atomic E-state index is -0.895. The van der Waals surface area contributed by atoms with E-state index in [4.69, 9.17) is 11.6 Å². The molecule has 0 aromatic heterocycles. The predicted octanol–water partition coefficient (Wildman–Crippen LogP) is 3.05. The Bertz CT molecular complexity index is 574. The van der Waals surface area contributed by atoms with Gasteiger partial charge in [-0.25, -0.2) is 0 Å². The summed E-state index contributed by atoms with van der Waals surface area (Å²) in [6.07, 6.45) is 0. The molecule has 1 heterocycles. The molecule has 20 heavy (non-hydrogen) atoms. The van der Waals surface area contributed by atoms with Crippen LogP contribution >= 0.6 is 27.5 Å². The van der Waals surface area contributed by atoms with Crippen LogP contribution in [0.1, 0.15) is 26.3 Å². The molecule has 2 rings (SSSR count). The molecule has 1 amide bonds. The van der Waals surface area contributed by atoms with Crippen LogP contribution in [0.15, 0.2) is 27.7 Å². The lowest BCUT2D eigenvalue weighted by Crippen LogP contribution is -2.41. The first-order valence-electron chi connectivity index (χ1n) is 6.42. The van der Waals surface area contributed by atoms with E-state index in [0.717, 1.165) is 10.0 Å². The van der Waals surface area contributed by atoms with Gasteiger partial charge in [-0.3, -0.25) is 15.1 Å². The number of carbonyl (C=O) groups excluding carboxylic acids is 1. The van der Waals surface area contributed by atoms with Crippen molar-refractivity contribution < 1.29 is 4.79 Å². The zero-order valence-corrected chi connectivity index (χ0v) is 14.0. The Hall–Kier alpha value is -1.07. The number of nitrogens with one attached hydrogen (secondary N) is 2. The second kappa shape index (κ2) is 5.74. The van der Waals surface area contributed by atoms with Gasteiger partial charge in [0.1, 0.15) is 5.54 Å². The standard InChI is InChI=1S/C14H17BrClN3O/c1-8(2)7-17-13-18-12(20)14(3,19-13)10-5-4-9(15)6-11(10)16/h4-6,8H,7H2,1-3H3,(H2,17,18,19,20). The number of benzene rings is 1. The van der Waals surface area contributed by atoms with Crippen LogP contribution in [-0.2, 0) is 10.3 Å². The fraction of sp³-hybridized carbons (Fsp3) is 0.429. The van der Waals surface area contributed by atoms with Gasteiger partial charge in [0.25, 0.3) is 5.91 Å². The van der Waals surface area contributed by atoms with Gasteiger partial charge in [0.2, 0.25) is 0 Å². The molecular weight excluding hydrogens is 342 g/mol. The summed E-state index contributed by atoms with van der Waals surface area (Å²) < 4.78 is 0.877. The van der Waals surface area contributed by atoms with E-state index in [1.807, 2.05) is 12.1 Å². The summed E-state index contributed by atoms with van der Waals surface area (Å²) in [5, 5.41) is 6.45. The third-order valence-electron chi connectivity index (χ3n) is 3.14. The van der Waals surface area contributed by atoms with Crippen molar-refractivity contribution in [2.75, 3.05) is 6.54 Å². The van der Waals surface area contributed by atoms with E-state index in [1.165, 1.54) is 0 Å². The summed E-state index contributed by atoms with van der Waals surface area (Å²) in [6.45, 7) is 6.61. The number of rotatable bonds is 3. The molecule has 108 valence electrons. The van der Waals surface area contributed by atoms with Crippen molar-refractivity contribution in [3.8, 4) is 0 Å². The van der Waals surface area contributed by atoms with Gasteiger partial charge in [0, 0.05) is 21.6 Å². The van der Waals surface area contributed by atoms with Crippen LogP contribution in [0.2, 0.25) is 5.02 Å². The second-order valence-corrected chi connectivity index (χ2v) is 6.73. The van der Waals surface area contributed by atoms with Crippen LogP contribution in [0, 0.1) is 5.92 Å². The molecule has 4 nitrogen and oxygen atoms in total. The van der Waals surface area contributed by atoms with Crippen molar-refractivity contribution >= 4 is 39.4 Å². The number of halogens is 2. The van der Waals surface area contributed by atoms with Crippen LogP contribution in [-0.4, -0.2) is 18.4 Å². The molecule has 6 heteroatoms. The van der Waals surface area contributed by atoms with Crippen molar-refractivity contribution in [3.05, 3.63) is 33.3 Å². The van der Waals surface area contributed by atoms with Gasteiger partial charge in [0.05, 0.1) is 0 Å². The van der Waals surface area contributed by atoms with E-state index in [0.29, 0.717) is 23.4 Å². The maximum atomic E-state index is 12.3. The Morgan fingerprint density at radius 1 is 1.45 bits per heavy atom. The fourth-order valence-corrected chi connectivity index (χ4v) is 2.86. The average Bonchev–Trinajstić information content (AvgIpc) is 2.63. The van der Waals surface area contributed by atoms with E-state index < -0.39 is 5.54 Å². The first kappa shape index (κ1) is 15.3. The zero-order valence-electron chi connectivity index (χ0n) is 11.6. The quantitative estimate of drug-likeness (QED) is 0.872. The predicted molar refractivity (Wildman–Crippen MR) is 84.9 cm³/mol. The minimum absolute atomic E-state index is 0.149. The molecule has 1 aliphatic heterocycles. The summed E-state index contributed by atoms with van der Waals surface area (Å²) in [4.78, 5) is 16.6. The minimum Gasteiger partial charge on any atom is -0.338 e. The van der Waals surface area contributed by atoms with Gasteiger partial charge < -0.3 is 5.32 Å². The van der Waals surface area contributed by atoms with Gasteiger partial charge in [-0.15, -0.1) is 0 Å². The maximum absolute atomic E-state index is 12.3. The molecule has 1 unspecified atom stereocenters. The molecule has 1 aromatic rings. The highest BCUT2D eigenvalue weighted by Crippen LogP contribution is 2.32. The van der Waals surface area contributed by atoms with E-state index in [2.05, 4.69) is 45.4 Å². The number of nitrogens with zero attached hydrogens (tertiary/aromatic N) is 1. The summed E-state index contributed by atoms with van der Waals surface area (Å²) >= 11 is 9.61. The highest BCUT2D eigenvalue weighted by molar-refractivity contribution is 9.10. The molecular formula is C14H17BrClN3O. The first-order valence-corrected chi connectivity index (χ1v) is 7.59. The van der Waals surface area contributed by atoms with Crippen LogP contribution in [0.5, 0.6) is 0 Å². The Labute approximate surface area is 132 Å².